The van der Waals surface area contributed by atoms with E-state index in [0.717, 1.165) is 0 Å². The van der Waals surface area contributed by atoms with E-state index in [1.807, 2.05) is 0 Å². The van der Waals surface area contributed by atoms with Crippen molar-refractivity contribution in [2.45, 2.75) is 12.8 Å². The zero-order valence-electron chi connectivity index (χ0n) is 7.18. The first-order chi connectivity index (χ1) is 6.93. The normalized spacial score (nSPS) is 10.7. The van der Waals surface area contributed by atoms with Crippen molar-refractivity contribution in [3.8, 4) is 0 Å². The molecule has 0 bridgehead atoms. The van der Waals surface area contributed by atoms with Gasteiger partial charge in [-0.3, -0.25) is 4.79 Å². The Morgan fingerprint density at radius 2 is 2.13 bits per heavy atom. The van der Waals surface area contributed by atoms with Gasteiger partial charge in [-0.05, 0) is 31.9 Å². The standard InChI is InChI=1S/C8H5Br2F2NO2/c9-4-2-13-7(10)3(1-5(14)15)6(4)8(11)12/h2,8H,1H2,(H,14,15). The zero-order valence-corrected chi connectivity index (χ0v) is 10.3. The second kappa shape index (κ2) is 4.98. The van der Waals surface area contributed by atoms with E-state index in [-0.39, 0.29) is 20.2 Å². The summed E-state index contributed by atoms with van der Waals surface area (Å²) in [6.07, 6.45) is -2.03. The molecule has 1 N–H and O–H groups in total. The summed E-state index contributed by atoms with van der Waals surface area (Å²) in [5.41, 5.74) is -0.342. The van der Waals surface area contributed by atoms with E-state index >= 15 is 0 Å². The van der Waals surface area contributed by atoms with Crippen LogP contribution in [0.2, 0.25) is 0 Å². The van der Waals surface area contributed by atoms with E-state index in [1.165, 1.54) is 6.20 Å². The molecule has 0 aromatic carbocycles. The van der Waals surface area contributed by atoms with Gasteiger partial charge >= 0.3 is 5.97 Å². The van der Waals surface area contributed by atoms with E-state index in [9.17, 15) is 13.6 Å². The Morgan fingerprint density at radius 1 is 1.53 bits per heavy atom. The van der Waals surface area contributed by atoms with Crippen LogP contribution in [0.4, 0.5) is 8.78 Å². The van der Waals surface area contributed by atoms with Crippen LogP contribution in [0.5, 0.6) is 0 Å². The number of carboxylic acid groups (broad SMARTS) is 1. The molecule has 0 saturated carbocycles. The monoisotopic (exact) mass is 343 g/mol. The minimum Gasteiger partial charge on any atom is -0.481 e. The number of alkyl halides is 2. The third kappa shape index (κ3) is 2.94. The topological polar surface area (TPSA) is 50.2 Å². The highest BCUT2D eigenvalue weighted by atomic mass is 79.9. The lowest BCUT2D eigenvalue weighted by atomic mass is 10.1. The van der Waals surface area contributed by atoms with Gasteiger partial charge in [0.25, 0.3) is 6.43 Å². The van der Waals surface area contributed by atoms with Gasteiger partial charge in [-0.15, -0.1) is 0 Å². The van der Waals surface area contributed by atoms with Gasteiger partial charge in [-0.1, -0.05) is 0 Å². The van der Waals surface area contributed by atoms with Crippen molar-refractivity contribution in [1.29, 1.82) is 0 Å². The van der Waals surface area contributed by atoms with E-state index in [2.05, 4.69) is 36.8 Å². The van der Waals surface area contributed by atoms with E-state index < -0.39 is 18.8 Å². The number of nitrogens with zero attached hydrogens (tertiary/aromatic N) is 1. The molecule has 0 aliphatic rings. The molecule has 0 unspecified atom stereocenters. The summed E-state index contributed by atoms with van der Waals surface area (Å²) in [6, 6.07) is 0. The van der Waals surface area contributed by atoms with Gasteiger partial charge < -0.3 is 5.11 Å². The quantitative estimate of drug-likeness (QED) is 0.857. The van der Waals surface area contributed by atoms with Gasteiger partial charge in [-0.2, -0.15) is 0 Å². The van der Waals surface area contributed by atoms with Crippen molar-refractivity contribution in [1.82, 2.24) is 4.98 Å². The third-order valence-electron chi connectivity index (χ3n) is 1.67. The SMILES string of the molecule is O=C(O)Cc1c(Br)ncc(Br)c1C(F)F. The molecule has 0 saturated heterocycles. The minimum atomic E-state index is -2.74. The summed E-state index contributed by atoms with van der Waals surface area (Å²) in [7, 11) is 0. The molecule has 0 radical (unpaired) electrons. The van der Waals surface area contributed by atoms with Gasteiger partial charge in [0.15, 0.2) is 0 Å². The first-order valence-electron chi connectivity index (χ1n) is 3.76. The smallest absolute Gasteiger partial charge is 0.307 e. The van der Waals surface area contributed by atoms with Crippen LogP contribution < -0.4 is 0 Å². The largest absolute Gasteiger partial charge is 0.481 e. The maximum absolute atomic E-state index is 12.6. The number of hydrogen-bond donors (Lipinski definition) is 1. The van der Waals surface area contributed by atoms with Gasteiger partial charge in [0.2, 0.25) is 0 Å². The van der Waals surface area contributed by atoms with Crippen LogP contribution in [-0.4, -0.2) is 16.1 Å². The first-order valence-corrected chi connectivity index (χ1v) is 5.34. The molecule has 0 atom stereocenters. The Morgan fingerprint density at radius 3 is 2.60 bits per heavy atom. The fourth-order valence-electron chi connectivity index (χ4n) is 1.07. The molecule has 0 fully saturated rings. The van der Waals surface area contributed by atoms with Gasteiger partial charge in [-0.25, -0.2) is 13.8 Å². The molecule has 1 rings (SSSR count). The molecule has 0 spiro atoms. The highest BCUT2D eigenvalue weighted by molar-refractivity contribution is 9.11. The molecule has 0 aliphatic heterocycles. The number of pyridine rings is 1. The van der Waals surface area contributed by atoms with E-state index in [0.29, 0.717) is 0 Å². The summed E-state index contributed by atoms with van der Waals surface area (Å²) >= 11 is 5.86. The molecular formula is C8H5Br2F2NO2. The van der Waals surface area contributed by atoms with Crippen molar-refractivity contribution in [3.63, 3.8) is 0 Å². The number of halogens is 4. The summed E-state index contributed by atoms with van der Waals surface area (Å²) < 4.78 is 25.5. The van der Waals surface area contributed by atoms with Crippen LogP contribution in [0.3, 0.4) is 0 Å². The highest BCUT2D eigenvalue weighted by Gasteiger charge is 2.21. The van der Waals surface area contributed by atoms with Crippen LogP contribution >= 0.6 is 31.9 Å². The van der Waals surface area contributed by atoms with Crippen molar-refractivity contribution in [3.05, 3.63) is 26.4 Å². The fourth-order valence-corrected chi connectivity index (χ4v) is 2.04. The average molecular weight is 345 g/mol. The van der Waals surface area contributed by atoms with Crippen molar-refractivity contribution < 1.29 is 18.7 Å². The average Bonchev–Trinajstić information content (AvgIpc) is 2.10. The second-order valence-electron chi connectivity index (χ2n) is 2.66. The summed E-state index contributed by atoms with van der Waals surface area (Å²) in [4.78, 5) is 14.2. The van der Waals surface area contributed by atoms with E-state index in [1.54, 1.807) is 0 Å². The molecule has 7 heteroatoms. The Kier molecular flexibility index (Phi) is 4.15. The molecule has 1 aromatic rings. The Bertz CT molecular complexity index is 398. The summed E-state index contributed by atoms with van der Waals surface area (Å²) in [6.45, 7) is 0. The third-order valence-corrected chi connectivity index (χ3v) is 2.98. The summed E-state index contributed by atoms with van der Waals surface area (Å²) in [5.74, 6) is -1.18. The molecule has 3 nitrogen and oxygen atoms in total. The molecule has 15 heavy (non-hydrogen) atoms. The Balaban J connectivity index is 3.31. The van der Waals surface area contributed by atoms with Crippen LogP contribution in [-0.2, 0) is 11.2 Å². The van der Waals surface area contributed by atoms with Crippen LogP contribution in [0.1, 0.15) is 17.6 Å². The number of hydrogen-bond acceptors (Lipinski definition) is 2. The molecule has 1 aromatic heterocycles. The van der Waals surface area contributed by atoms with Gasteiger partial charge in [0.05, 0.1) is 6.42 Å². The lowest BCUT2D eigenvalue weighted by Gasteiger charge is -2.10. The van der Waals surface area contributed by atoms with Gasteiger partial charge in [0, 0.05) is 21.8 Å². The maximum Gasteiger partial charge on any atom is 0.307 e. The van der Waals surface area contributed by atoms with Crippen molar-refractivity contribution >= 4 is 37.8 Å². The lowest BCUT2D eigenvalue weighted by molar-refractivity contribution is -0.136. The number of rotatable bonds is 3. The van der Waals surface area contributed by atoms with Crippen molar-refractivity contribution in [2.24, 2.45) is 0 Å². The molecular weight excluding hydrogens is 340 g/mol. The van der Waals surface area contributed by atoms with Crippen LogP contribution in [0.25, 0.3) is 0 Å². The van der Waals surface area contributed by atoms with Crippen LogP contribution in [0, 0.1) is 0 Å². The summed E-state index contributed by atoms with van der Waals surface area (Å²) in [5, 5.41) is 8.58. The fraction of sp³-hybridized carbons (Fsp3) is 0.250. The molecule has 0 aliphatic carbocycles. The van der Waals surface area contributed by atoms with E-state index in [4.69, 9.17) is 5.11 Å². The molecule has 1 heterocycles. The Hall–Kier alpha value is -0.560. The van der Waals surface area contributed by atoms with Crippen LogP contribution in [0.15, 0.2) is 15.3 Å². The highest BCUT2D eigenvalue weighted by Crippen LogP contribution is 2.33. The number of carboxylic acids is 1. The number of aromatic nitrogens is 1. The van der Waals surface area contributed by atoms with Crippen molar-refractivity contribution in [2.75, 3.05) is 0 Å². The first kappa shape index (κ1) is 12.5. The predicted molar refractivity (Wildman–Crippen MR) is 55.9 cm³/mol. The number of carbonyl (C=O) groups is 1. The molecule has 0 amide bonds. The second-order valence-corrected chi connectivity index (χ2v) is 4.27. The number of aliphatic carboxylic acids is 1. The molecule has 82 valence electrons. The lowest BCUT2D eigenvalue weighted by Crippen LogP contribution is -2.07. The Labute approximate surface area is 101 Å². The maximum atomic E-state index is 12.6. The zero-order chi connectivity index (χ0) is 11.6. The predicted octanol–water partition coefficient (Wildman–Crippen LogP) is 3.17. The minimum absolute atomic E-state index is 0.00752. The van der Waals surface area contributed by atoms with Gasteiger partial charge in [0.1, 0.15) is 4.60 Å².